The molecular formula is C30H31Cl2N3O4. The fourth-order valence-electron chi connectivity index (χ4n) is 6.89. The summed E-state index contributed by atoms with van der Waals surface area (Å²) in [6.45, 7) is 1.92. The molecule has 3 amide bonds. The molecule has 1 spiro atoms. The van der Waals surface area contributed by atoms with Crippen molar-refractivity contribution < 1.29 is 19.1 Å². The van der Waals surface area contributed by atoms with E-state index < -0.39 is 35.6 Å². The van der Waals surface area contributed by atoms with Gasteiger partial charge in [-0.3, -0.25) is 14.4 Å². The summed E-state index contributed by atoms with van der Waals surface area (Å²) < 4.78 is 6.46. The summed E-state index contributed by atoms with van der Waals surface area (Å²) >= 11 is 12.3. The summed E-state index contributed by atoms with van der Waals surface area (Å²) in [4.78, 5) is 43.6. The number of carbonyl (C=O) groups is 3. The van der Waals surface area contributed by atoms with Crippen LogP contribution in [-0.2, 0) is 19.1 Å². The maximum absolute atomic E-state index is 14.3. The molecule has 0 radical (unpaired) electrons. The van der Waals surface area contributed by atoms with Crippen LogP contribution >= 0.6 is 23.2 Å². The molecule has 2 saturated heterocycles. The Balaban J connectivity index is 1.35. The number of ether oxygens (including phenoxy) is 1. The second-order valence-corrected chi connectivity index (χ2v) is 11.9. The van der Waals surface area contributed by atoms with E-state index in [0.717, 1.165) is 31.2 Å². The Labute approximate surface area is 237 Å². The zero-order valence-electron chi connectivity index (χ0n) is 21.6. The minimum absolute atomic E-state index is 0.0694. The lowest BCUT2D eigenvalue weighted by molar-refractivity contribution is -0.143. The van der Waals surface area contributed by atoms with Crippen LogP contribution < -0.4 is 10.6 Å². The summed E-state index contributed by atoms with van der Waals surface area (Å²) in [5.41, 5.74) is 0.119. The smallest absolute Gasteiger partial charge is 0.246 e. The highest BCUT2D eigenvalue weighted by Crippen LogP contribution is 2.56. The number of nitrogens with one attached hydrogen (secondary N) is 2. The van der Waals surface area contributed by atoms with Gasteiger partial charge in [-0.15, -0.1) is 0 Å². The number of anilines is 1. The standard InChI is InChI=1S/C30H31Cl2N3O4/c1-17(18-8-4-2-5-9-18)35-26(28(37)33-21-10-6-3-7-11-21)30-13-12-23(39-30)24(25(30)29(35)38)27(36)34-22-15-19(31)14-20(32)16-22/h2,4-5,8-9,12-17,21,23-26H,3,6-7,10-11H2,1H3,(H,33,37)(H,34,36)/t17-,23+,24+,25+,26-,30+/m1/s1. The molecule has 2 bridgehead atoms. The highest BCUT2D eigenvalue weighted by atomic mass is 35.5. The zero-order valence-corrected chi connectivity index (χ0v) is 23.1. The van der Waals surface area contributed by atoms with E-state index in [0.29, 0.717) is 15.7 Å². The van der Waals surface area contributed by atoms with Gasteiger partial charge in [0.1, 0.15) is 11.6 Å². The van der Waals surface area contributed by atoms with Crippen molar-refractivity contribution in [3.05, 3.63) is 76.3 Å². The molecule has 0 unspecified atom stereocenters. The molecule has 0 aromatic heterocycles. The zero-order chi connectivity index (χ0) is 27.3. The first-order chi connectivity index (χ1) is 18.8. The van der Waals surface area contributed by atoms with Gasteiger partial charge < -0.3 is 20.3 Å². The second-order valence-electron chi connectivity index (χ2n) is 11.0. The van der Waals surface area contributed by atoms with Crippen LogP contribution in [0.25, 0.3) is 0 Å². The van der Waals surface area contributed by atoms with Crippen LogP contribution in [0.5, 0.6) is 0 Å². The molecule has 2 aromatic rings. The van der Waals surface area contributed by atoms with Gasteiger partial charge in [-0.05, 0) is 43.5 Å². The van der Waals surface area contributed by atoms with Crippen LogP contribution in [0.15, 0.2) is 60.7 Å². The van der Waals surface area contributed by atoms with Crippen LogP contribution in [0.4, 0.5) is 5.69 Å². The minimum atomic E-state index is -1.22. The van der Waals surface area contributed by atoms with Crippen molar-refractivity contribution in [3.8, 4) is 0 Å². The van der Waals surface area contributed by atoms with Crippen molar-refractivity contribution in [3.63, 3.8) is 0 Å². The fraction of sp³-hybridized carbons (Fsp3) is 0.433. The number of carbonyl (C=O) groups excluding carboxylic acids is 3. The third-order valence-corrected chi connectivity index (χ3v) is 9.08. The molecule has 9 heteroatoms. The van der Waals surface area contributed by atoms with Crippen molar-refractivity contribution in [2.45, 2.75) is 68.9 Å². The Morgan fingerprint density at radius 1 is 1.03 bits per heavy atom. The number of benzene rings is 2. The Bertz CT molecular complexity index is 1310. The highest BCUT2D eigenvalue weighted by molar-refractivity contribution is 6.35. The lowest BCUT2D eigenvalue weighted by atomic mass is 9.74. The summed E-state index contributed by atoms with van der Waals surface area (Å²) in [6, 6.07) is 13.2. The van der Waals surface area contributed by atoms with E-state index >= 15 is 0 Å². The summed E-state index contributed by atoms with van der Waals surface area (Å²) in [5, 5.41) is 6.87. The molecule has 6 atom stereocenters. The molecule has 4 aliphatic rings. The number of halogens is 2. The maximum Gasteiger partial charge on any atom is 0.246 e. The SMILES string of the molecule is C[C@H](c1ccccc1)N1C(=O)[C@@H]2[C@@H](C(=O)Nc3cc(Cl)cc(Cl)c3)[C@@H]3C=C[C@@]2(O3)[C@H]1C(=O)NC1CCCCC1. The van der Waals surface area contributed by atoms with Crippen molar-refractivity contribution >= 4 is 46.6 Å². The molecule has 2 aromatic carbocycles. The van der Waals surface area contributed by atoms with Crippen molar-refractivity contribution in [1.29, 1.82) is 0 Å². The van der Waals surface area contributed by atoms with E-state index in [2.05, 4.69) is 10.6 Å². The van der Waals surface area contributed by atoms with Gasteiger partial charge in [0.05, 0.1) is 24.0 Å². The van der Waals surface area contributed by atoms with Crippen LogP contribution in [0, 0.1) is 11.8 Å². The van der Waals surface area contributed by atoms with Crippen LogP contribution in [0.3, 0.4) is 0 Å². The monoisotopic (exact) mass is 567 g/mol. The van der Waals surface area contributed by atoms with Gasteiger partial charge >= 0.3 is 0 Å². The normalized spacial score (nSPS) is 30.3. The number of hydrogen-bond donors (Lipinski definition) is 2. The molecule has 1 aliphatic carbocycles. The van der Waals surface area contributed by atoms with E-state index in [1.54, 1.807) is 23.1 Å². The molecule has 3 heterocycles. The minimum Gasteiger partial charge on any atom is -0.359 e. The first-order valence-electron chi connectivity index (χ1n) is 13.6. The highest BCUT2D eigenvalue weighted by Gasteiger charge is 2.73. The Morgan fingerprint density at radius 3 is 2.41 bits per heavy atom. The number of rotatable bonds is 6. The topological polar surface area (TPSA) is 87.7 Å². The average Bonchev–Trinajstić information content (AvgIpc) is 3.56. The van der Waals surface area contributed by atoms with Crippen molar-refractivity contribution in [2.75, 3.05) is 5.32 Å². The summed E-state index contributed by atoms with van der Waals surface area (Å²) in [6.07, 6.45) is 8.18. The molecule has 1 saturated carbocycles. The Kier molecular flexibility index (Phi) is 6.94. The number of fused-ring (bicyclic) bond motifs is 1. The molecule has 7 nitrogen and oxygen atoms in total. The van der Waals surface area contributed by atoms with Gasteiger partial charge in [0.25, 0.3) is 0 Å². The van der Waals surface area contributed by atoms with Crippen molar-refractivity contribution in [1.82, 2.24) is 10.2 Å². The lowest BCUT2D eigenvalue weighted by Crippen LogP contribution is -2.56. The summed E-state index contributed by atoms with van der Waals surface area (Å²) in [7, 11) is 0. The molecule has 6 rings (SSSR count). The number of nitrogens with zero attached hydrogens (tertiary/aromatic N) is 1. The van der Waals surface area contributed by atoms with Crippen LogP contribution in [0.2, 0.25) is 10.0 Å². The molecule has 3 fully saturated rings. The fourth-order valence-corrected chi connectivity index (χ4v) is 7.42. The van der Waals surface area contributed by atoms with Crippen molar-refractivity contribution in [2.24, 2.45) is 11.8 Å². The van der Waals surface area contributed by atoms with Gasteiger partial charge in [-0.1, -0.05) is 84.9 Å². The first kappa shape index (κ1) is 26.4. The van der Waals surface area contributed by atoms with Gasteiger partial charge in [-0.25, -0.2) is 0 Å². The third kappa shape index (κ3) is 4.54. The van der Waals surface area contributed by atoms with E-state index in [4.69, 9.17) is 27.9 Å². The van der Waals surface area contributed by atoms with E-state index in [-0.39, 0.29) is 23.8 Å². The quantitative estimate of drug-likeness (QED) is 0.464. The maximum atomic E-state index is 14.3. The van der Waals surface area contributed by atoms with E-state index in [1.165, 1.54) is 6.42 Å². The Morgan fingerprint density at radius 2 is 1.72 bits per heavy atom. The largest absolute Gasteiger partial charge is 0.359 e. The van der Waals surface area contributed by atoms with E-state index in [1.807, 2.05) is 49.4 Å². The second kappa shape index (κ2) is 10.3. The predicted octanol–water partition coefficient (Wildman–Crippen LogP) is 5.29. The number of hydrogen-bond acceptors (Lipinski definition) is 4. The molecular weight excluding hydrogens is 537 g/mol. The van der Waals surface area contributed by atoms with Gasteiger partial charge in [-0.2, -0.15) is 0 Å². The molecule has 3 aliphatic heterocycles. The molecule has 39 heavy (non-hydrogen) atoms. The van der Waals surface area contributed by atoms with Crippen LogP contribution in [-0.4, -0.2) is 46.4 Å². The van der Waals surface area contributed by atoms with Crippen LogP contribution in [0.1, 0.15) is 50.6 Å². The number of amides is 3. The molecule has 204 valence electrons. The number of likely N-dealkylation sites (tertiary alicyclic amines) is 1. The summed E-state index contributed by atoms with van der Waals surface area (Å²) in [5.74, 6) is -2.50. The van der Waals surface area contributed by atoms with E-state index in [9.17, 15) is 14.4 Å². The lowest BCUT2D eigenvalue weighted by Gasteiger charge is -2.37. The Hall–Kier alpha value is -2.87. The van der Waals surface area contributed by atoms with Gasteiger partial charge in [0.2, 0.25) is 17.7 Å². The third-order valence-electron chi connectivity index (χ3n) is 8.64. The van der Waals surface area contributed by atoms with Gasteiger partial charge in [0.15, 0.2) is 0 Å². The molecule has 2 N–H and O–H groups in total. The first-order valence-corrected chi connectivity index (χ1v) is 14.4. The average molecular weight is 569 g/mol. The van der Waals surface area contributed by atoms with Gasteiger partial charge in [0, 0.05) is 21.8 Å². The predicted molar refractivity (Wildman–Crippen MR) is 149 cm³/mol.